The molecule has 1 aliphatic heterocycles. The van der Waals surface area contributed by atoms with Crippen LogP contribution in [0.15, 0.2) is 30.5 Å². The third kappa shape index (κ3) is 5.21. The van der Waals surface area contributed by atoms with E-state index in [2.05, 4.69) is 51.9 Å². The summed E-state index contributed by atoms with van der Waals surface area (Å²) >= 11 is 0. The summed E-state index contributed by atoms with van der Waals surface area (Å²) in [7, 11) is 0. The highest BCUT2D eigenvalue weighted by Gasteiger charge is 2.21. The predicted octanol–water partition coefficient (Wildman–Crippen LogP) is 6.40. The molecule has 0 radical (unpaired) electrons. The first-order valence-electron chi connectivity index (χ1n) is 12.3. The van der Waals surface area contributed by atoms with Crippen LogP contribution in [0.25, 0.3) is 22.3 Å². The molecule has 3 aromatic rings. The molecule has 1 aromatic carbocycles. The topological polar surface area (TPSA) is 73.0 Å². The van der Waals surface area contributed by atoms with E-state index in [0.717, 1.165) is 78.6 Å². The molecule has 180 valence electrons. The van der Waals surface area contributed by atoms with Crippen LogP contribution in [-0.2, 0) is 4.74 Å². The molecule has 2 aromatic heterocycles. The highest BCUT2D eigenvalue weighted by atomic mass is 35.5. The molecule has 0 N–H and O–H groups in total. The van der Waals surface area contributed by atoms with E-state index in [4.69, 9.17) is 9.47 Å². The van der Waals surface area contributed by atoms with Crippen molar-refractivity contribution in [3.63, 3.8) is 0 Å². The number of fused-ring (bicyclic) bond motifs is 1. The lowest BCUT2D eigenvalue weighted by Crippen LogP contribution is -2.19. The Hall–Kier alpha value is -2.62. The number of hydrogen-bond donors (Lipinski definition) is 0. The zero-order chi connectivity index (χ0) is 22.6. The average Bonchev–Trinajstić information content (AvgIpc) is 3.29. The van der Waals surface area contributed by atoms with Crippen LogP contribution in [-0.4, -0.2) is 34.4 Å². The Bertz CT molecular complexity index is 1160. The van der Waals surface area contributed by atoms with Gasteiger partial charge >= 0.3 is 0 Å². The van der Waals surface area contributed by atoms with Gasteiger partial charge in [0, 0.05) is 36.4 Å². The molecule has 0 amide bonds. The molecule has 34 heavy (non-hydrogen) atoms. The largest absolute Gasteiger partial charge is 0.493 e. The second-order valence-electron chi connectivity index (χ2n) is 9.43. The second-order valence-corrected chi connectivity index (χ2v) is 9.43. The van der Waals surface area contributed by atoms with E-state index in [1.165, 1.54) is 32.1 Å². The van der Waals surface area contributed by atoms with Crippen molar-refractivity contribution in [2.45, 2.75) is 64.3 Å². The Morgan fingerprint density at radius 1 is 1.09 bits per heavy atom. The van der Waals surface area contributed by atoms with Crippen LogP contribution < -0.4 is 4.74 Å². The number of nitrogens with zero attached hydrogens (tertiary/aromatic N) is 4. The first-order chi connectivity index (χ1) is 16.2. The summed E-state index contributed by atoms with van der Waals surface area (Å²) in [5, 5.41) is 10.6. The molecule has 1 saturated heterocycles. The predicted molar refractivity (Wildman–Crippen MR) is 135 cm³/mol. The molecule has 2 aliphatic rings. The van der Waals surface area contributed by atoms with Gasteiger partial charge in [0.25, 0.3) is 0 Å². The Kier molecular flexibility index (Phi) is 8.07. The monoisotopic (exact) mass is 480 g/mol. The molecule has 6 nitrogen and oxygen atoms in total. The van der Waals surface area contributed by atoms with E-state index in [-0.39, 0.29) is 18.2 Å². The minimum absolute atomic E-state index is 0. The van der Waals surface area contributed by atoms with E-state index >= 15 is 0 Å². The standard InChI is InChI=1S/C27H32N4O2.ClH/c1-19-17-21(7-8-24(19)33-16-10-20-5-3-2-4-6-20)26-23-9-13-31(22-11-14-32-15-12-22)27(23)30-25(18-28)29-26;/h7-9,13,17,20,22H,2-6,10-12,14-16H2,1H3;1H. The lowest BCUT2D eigenvalue weighted by atomic mass is 9.87. The summed E-state index contributed by atoms with van der Waals surface area (Å²) in [4.78, 5) is 9.16. The van der Waals surface area contributed by atoms with Gasteiger partial charge in [0.05, 0.1) is 12.3 Å². The van der Waals surface area contributed by atoms with E-state index < -0.39 is 0 Å². The Labute approximate surface area is 207 Å². The second kappa shape index (κ2) is 11.2. The van der Waals surface area contributed by atoms with Gasteiger partial charge in [-0.1, -0.05) is 32.1 Å². The number of benzene rings is 1. The number of aryl methyl sites for hydroxylation is 1. The number of aromatic nitrogens is 3. The minimum Gasteiger partial charge on any atom is -0.493 e. The van der Waals surface area contributed by atoms with Crippen molar-refractivity contribution in [1.82, 2.24) is 14.5 Å². The van der Waals surface area contributed by atoms with E-state index in [1.54, 1.807) is 0 Å². The summed E-state index contributed by atoms with van der Waals surface area (Å²) in [6.45, 7) is 4.37. The van der Waals surface area contributed by atoms with Crippen LogP contribution in [0.2, 0.25) is 0 Å². The fourth-order valence-electron chi connectivity index (χ4n) is 5.33. The molecule has 0 atom stereocenters. The maximum absolute atomic E-state index is 9.59. The van der Waals surface area contributed by atoms with Crippen LogP contribution in [0.4, 0.5) is 0 Å². The van der Waals surface area contributed by atoms with Gasteiger partial charge < -0.3 is 14.0 Å². The van der Waals surface area contributed by atoms with Crippen molar-refractivity contribution in [3.8, 4) is 23.1 Å². The van der Waals surface area contributed by atoms with Gasteiger partial charge in [-0.25, -0.2) is 9.97 Å². The average molecular weight is 481 g/mol. The molecular weight excluding hydrogens is 448 g/mol. The van der Waals surface area contributed by atoms with Crippen molar-refractivity contribution >= 4 is 23.4 Å². The van der Waals surface area contributed by atoms with Crippen LogP contribution >= 0.6 is 12.4 Å². The normalized spacial score (nSPS) is 17.3. The third-order valence-corrected chi connectivity index (χ3v) is 7.21. The maximum Gasteiger partial charge on any atom is 0.234 e. The lowest BCUT2D eigenvalue weighted by Gasteiger charge is -2.24. The SMILES string of the molecule is Cc1cc(-c2nc(C#N)nc3c2ccn3C2CCOCC2)ccc1OCCC1CCCCC1.Cl. The van der Waals surface area contributed by atoms with Crippen molar-refractivity contribution < 1.29 is 9.47 Å². The van der Waals surface area contributed by atoms with Gasteiger partial charge in [0.1, 0.15) is 17.5 Å². The highest BCUT2D eigenvalue weighted by Crippen LogP contribution is 2.33. The summed E-state index contributed by atoms with van der Waals surface area (Å²) in [6.07, 6.45) is 11.9. The van der Waals surface area contributed by atoms with Crippen LogP contribution in [0.3, 0.4) is 0 Å². The lowest BCUT2D eigenvalue weighted by molar-refractivity contribution is 0.0706. The van der Waals surface area contributed by atoms with Gasteiger partial charge in [-0.05, 0) is 61.9 Å². The highest BCUT2D eigenvalue weighted by molar-refractivity contribution is 5.91. The Morgan fingerprint density at radius 2 is 1.88 bits per heavy atom. The Balaban J connectivity index is 0.00000274. The molecule has 7 heteroatoms. The molecule has 0 bridgehead atoms. The number of rotatable bonds is 6. The summed E-state index contributed by atoms with van der Waals surface area (Å²) in [6, 6.07) is 10.8. The molecule has 2 fully saturated rings. The molecule has 1 aliphatic carbocycles. The van der Waals surface area contributed by atoms with Crippen LogP contribution in [0, 0.1) is 24.2 Å². The smallest absolute Gasteiger partial charge is 0.234 e. The molecular formula is C27H33ClN4O2. The van der Waals surface area contributed by atoms with E-state index in [0.29, 0.717) is 6.04 Å². The van der Waals surface area contributed by atoms with Crippen LogP contribution in [0.1, 0.15) is 68.8 Å². The molecule has 1 saturated carbocycles. The fraction of sp³-hybridized carbons (Fsp3) is 0.519. The Morgan fingerprint density at radius 3 is 2.62 bits per heavy atom. The number of hydrogen-bond acceptors (Lipinski definition) is 5. The van der Waals surface area contributed by atoms with Gasteiger partial charge in [0.15, 0.2) is 0 Å². The minimum atomic E-state index is 0. The van der Waals surface area contributed by atoms with Crippen molar-refractivity contribution in [1.29, 1.82) is 5.26 Å². The number of nitriles is 1. The van der Waals surface area contributed by atoms with E-state index in [1.807, 2.05) is 6.07 Å². The quantitative estimate of drug-likeness (QED) is 0.408. The molecule has 0 unspecified atom stereocenters. The van der Waals surface area contributed by atoms with Gasteiger partial charge in [0.2, 0.25) is 5.82 Å². The molecule has 3 heterocycles. The van der Waals surface area contributed by atoms with Gasteiger partial charge in [-0.2, -0.15) is 5.26 Å². The van der Waals surface area contributed by atoms with Crippen LogP contribution in [0.5, 0.6) is 5.75 Å². The summed E-state index contributed by atoms with van der Waals surface area (Å²) < 4.78 is 13.9. The zero-order valence-electron chi connectivity index (χ0n) is 19.8. The fourth-order valence-corrected chi connectivity index (χ4v) is 5.33. The first kappa shape index (κ1) is 24.5. The number of halogens is 1. The van der Waals surface area contributed by atoms with Crippen molar-refractivity contribution in [3.05, 3.63) is 41.9 Å². The first-order valence-corrected chi connectivity index (χ1v) is 12.3. The van der Waals surface area contributed by atoms with Gasteiger partial charge in [-0.15, -0.1) is 12.4 Å². The molecule has 0 spiro atoms. The van der Waals surface area contributed by atoms with Crippen molar-refractivity contribution in [2.24, 2.45) is 5.92 Å². The van der Waals surface area contributed by atoms with Gasteiger partial charge in [-0.3, -0.25) is 0 Å². The summed E-state index contributed by atoms with van der Waals surface area (Å²) in [5.74, 6) is 1.95. The van der Waals surface area contributed by atoms with Crippen molar-refractivity contribution in [2.75, 3.05) is 19.8 Å². The third-order valence-electron chi connectivity index (χ3n) is 7.21. The van der Waals surface area contributed by atoms with E-state index in [9.17, 15) is 5.26 Å². The number of ether oxygens (including phenoxy) is 2. The maximum atomic E-state index is 9.59. The zero-order valence-corrected chi connectivity index (χ0v) is 20.6. The molecule has 5 rings (SSSR count). The summed E-state index contributed by atoms with van der Waals surface area (Å²) in [5.41, 5.74) is 3.71.